The quantitative estimate of drug-likeness (QED) is 0.900. The third kappa shape index (κ3) is 3.27. The van der Waals surface area contributed by atoms with Crippen molar-refractivity contribution in [1.82, 2.24) is 0 Å². The highest BCUT2D eigenvalue weighted by Gasteiger charge is 2.03. The van der Waals surface area contributed by atoms with Crippen LogP contribution in [0.15, 0.2) is 22.7 Å². The van der Waals surface area contributed by atoms with Crippen LogP contribution in [-0.2, 0) is 4.74 Å². The van der Waals surface area contributed by atoms with Gasteiger partial charge in [0.05, 0.1) is 11.1 Å². The van der Waals surface area contributed by atoms with Gasteiger partial charge in [-0.15, -0.1) is 0 Å². The van der Waals surface area contributed by atoms with E-state index in [1.165, 1.54) is 6.07 Å². The maximum Gasteiger partial charge on any atom is 0.137 e. The summed E-state index contributed by atoms with van der Waals surface area (Å²) in [5.74, 6) is -0.255. The summed E-state index contributed by atoms with van der Waals surface area (Å²) < 4.78 is 18.3. The molecule has 0 radical (unpaired) electrons. The summed E-state index contributed by atoms with van der Waals surface area (Å²) in [6, 6.07) is 5.04. The lowest BCUT2D eigenvalue weighted by Gasteiger charge is -2.14. The van der Waals surface area contributed by atoms with E-state index in [2.05, 4.69) is 21.2 Å². The molecule has 1 N–H and O–H groups in total. The highest BCUT2D eigenvalue weighted by Crippen LogP contribution is 2.20. The Morgan fingerprint density at radius 3 is 2.86 bits per heavy atom. The molecule has 0 amide bonds. The lowest BCUT2D eigenvalue weighted by Crippen LogP contribution is -2.20. The van der Waals surface area contributed by atoms with Gasteiger partial charge in [0, 0.05) is 18.8 Å². The van der Waals surface area contributed by atoms with Crippen molar-refractivity contribution in [2.24, 2.45) is 0 Å². The number of halogens is 2. The van der Waals surface area contributed by atoms with Gasteiger partial charge in [-0.05, 0) is 41.1 Å². The molecule has 0 bridgehead atoms. The Morgan fingerprint density at radius 1 is 1.57 bits per heavy atom. The molecule has 4 heteroatoms. The first kappa shape index (κ1) is 11.5. The molecule has 1 rings (SSSR count). The fraction of sp³-hybridized carbons (Fsp3) is 0.400. The van der Waals surface area contributed by atoms with E-state index < -0.39 is 0 Å². The minimum Gasteiger partial charge on any atom is -0.383 e. The molecular weight excluding hydrogens is 249 g/mol. The van der Waals surface area contributed by atoms with Crippen LogP contribution in [0.3, 0.4) is 0 Å². The van der Waals surface area contributed by atoms with Gasteiger partial charge in [0.15, 0.2) is 0 Å². The molecule has 0 saturated carbocycles. The zero-order valence-corrected chi connectivity index (χ0v) is 9.77. The van der Waals surface area contributed by atoms with Gasteiger partial charge >= 0.3 is 0 Å². The summed E-state index contributed by atoms with van der Waals surface area (Å²) in [6.07, 6.45) is 0. The monoisotopic (exact) mass is 261 g/mol. The van der Waals surface area contributed by atoms with Crippen molar-refractivity contribution in [2.75, 3.05) is 19.0 Å². The summed E-state index contributed by atoms with van der Waals surface area (Å²) in [6.45, 7) is 2.62. The van der Waals surface area contributed by atoms with Crippen LogP contribution in [-0.4, -0.2) is 19.8 Å². The second-order valence-electron chi connectivity index (χ2n) is 3.13. The third-order valence-corrected chi connectivity index (χ3v) is 2.36. The third-order valence-electron chi connectivity index (χ3n) is 1.75. The van der Waals surface area contributed by atoms with Gasteiger partial charge in [-0.25, -0.2) is 4.39 Å². The van der Waals surface area contributed by atoms with Crippen molar-refractivity contribution >= 4 is 21.6 Å². The topological polar surface area (TPSA) is 21.3 Å². The Labute approximate surface area is 91.6 Å². The van der Waals surface area contributed by atoms with Crippen molar-refractivity contribution in [3.8, 4) is 0 Å². The van der Waals surface area contributed by atoms with Gasteiger partial charge in [-0.3, -0.25) is 0 Å². The van der Waals surface area contributed by atoms with Gasteiger partial charge in [0.2, 0.25) is 0 Å². The molecule has 0 aromatic heterocycles. The first-order valence-electron chi connectivity index (χ1n) is 4.34. The van der Waals surface area contributed by atoms with Gasteiger partial charge in [0.1, 0.15) is 5.82 Å². The van der Waals surface area contributed by atoms with E-state index in [4.69, 9.17) is 4.74 Å². The minimum atomic E-state index is -0.255. The smallest absolute Gasteiger partial charge is 0.137 e. The zero-order valence-electron chi connectivity index (χ0n) is 8.18. The number of nitrogens with one attached hydrogen (secondary N) is 1. The van der Waals surface area contributed by atoms with Crippen LogP contribution in [0.1, 0.15) is 6.92 Å². The van der Waals surface area contributed by atoms with E-state index in [1.54, 1.807) is 19.2 Å². The first-order valence-corrected chi connectivity index (χ1v) is 5.13. The lowest BCUT2D eigenvalue weighted by molar-refractivity contribution is 0.190. The van der Waals surface area contributed by atoms with E-state index in [0.29, 0.717) is 11.1 Å². The summed E-state index contributed by atoms with van der Waals surface area (Å²) in [5.41, 5.74) is 0.878. The van der Waals surface area contributed by atoms with Crippen LogP contribution >= 0.6 is 15.9 Å². The predicted molar refractivity (Wildman–Crippen MR) is 59.1 cm³/mol. The van der Waals surface area contributed by atoms with Crippen molar-refractivity contribution < 1.29 is 9.13 Å². The molecule has 1 aromatic carbocycles. The molecule has 1 unspecified atom stereocenters. The summed E-state index contributed by atoms with van der Waals surface area (Å²) in [7, 11) is 1.65. The minimum absolute atomic E-state index is 0.206. The molecule has 0 heterocycles. The van der Waals surface area contributed by atoms with Gasteiger partial charge in [-0.1, -0.05) is 0 Å². The normalized spacial score (nSPS) is 12.6. The van der Waals surface area contributed by atoms with E-state index in [1.807, 2.05) is 6.92 Å². The number of anilines is 1. The Hall–Kier alpha value is -0.610. The van der Waals surface area contributed by atoms with Crippen molar-refractivity contribution in [3.05, 3.63) is 28.5 Å². The Balaban J connectivity index is 2.63. The second kappa shape index (κ2) is 5.32. The number of rotatable bonds is 4. The molecule has 0 fully saturated rings. The standard InChI is InChI=1S/C10H13BrFNO/c1-7(6-14-2)13-8-3-4-10(12)9(11)5-8/h3-5,7,13H,6H2,1-2H3. The molecule has 0 aliphatic rings. The van der Waals surface area contributed by atoms with E-state index >= 15 is 0 Å². The average molecular weight is 262 g/mol. The first-order chi connectivity index (χ1) is 6.63. The molecule has 2 nitrogen and oxygen atoms in total. The fourth-order valence-electron chi connectivity index (χ4n) is 1.16. The number of hydrogen-bond acceptors (Lipinski definition) is 2. The predicted octanol–water partition coefficient (Wildman–Crippen LogP) is 3.04. The SMILES string of the molecule is COCC(C)Nc1ccc(F)c(Br)c1. The van der Waals surface area contributed by atoms with Crippen LogP contribution in [0.25, 0.3) is 0 Å². The number of ether oxygens (including phenoxy) is 1. The fourth-order valence-corrected chi connectivity index (χ4v) is 1.54. The van der Waals surface area contributed by atoms with E-state index in [9.17, 15) is 4.39 Å². The van der Waals surface area contributed by atoms with Crippen molar-refractivity contribution in [1.29, 1.82) is 0 Å². The Morgan fingerprint density at radius 2 is 2.29 bits per heavy atom. The molecule has 0 spiro atoms. The second-order valence-corrected chi connectivity index (χ2v) is 3.98. The van der Waals surface area contributed by atoms with Crippen molar-refractivity contribution in [3.63, 3.8) is 0 Å². The largest absolute Gasteiger partial charge is 0.383 e. The summed E-state index contributed by atoms with van der Waals surface area (Å²) >= 11 is 3.13. The molecule has 0 aliphatic heterocycles. The molecular formula is C10H13BrFNO. The molecule has 1 aromatic rings. The maximum absolute atomic E-state index is 12.9. The van der Waals surface area contributed by atoms with Crippen LogP contribution in [0.4, 0.5) is 10.1 Å². The lowest BCUT2D eigenvalue weighted by atomic mass is 10.2. The van der Waals surface area contributed by atoms with Crippen LogP contribution in [0.5, 0.6) is 0 Å². The van der Waals surface area contributed by atoms with E-state index in [0.717, 1.165) is 5.69 Å². The molecule has 78 valence electrons. The summed E-state index contributed by atoms with van der Waals surface area (Å²) in [4.78, 5) is 0. The molecule has 0 aliphatic carbocycles. The van der Waals surface area contributed by atoms with Gasteiger partial charge in [0.25, 0.3) is 0 Å². The Bertz CT molecular complexity index is 306. The molecule has 0 saturated heterocycles. The molecule has 14 heavy (non-hydrogen) atoms. The maximum atomic E-state index is 12.9. The van der Waals surface area contributed by atoms with Gasteiger partial charge < -0.3 is 10.1 Å². The number of hydrogen-bond donors (Lipinski definition) is 1. The number of benzene rings is 1. The Kier molecular flexibility index (Phi) is 4.35. The van der Waals surface area contributed by atoms with Crippen LogP contribution in [0, 0.1) is 5.82 Å². The summed E-state index contributed by atoms with van der Waals surface area (Å²) in [5, 5.41) is 3.19. The molecule has 1 atom stereocenters. The van der Waals surface area contributed by atoms with Crippen LogP contribution < -0.4 is 5.32 Å². The van der Waals surface area contributed by atoms with Crippen molar-refractivity contribution in [2.45, 2.75) is 13.0 Å². The van der Waals surface area contributed by atoms with Gasteiger partial charge in [-0.2, -0.15) is 0 Å². The highest BCUT2D eigenvalue weighted by molar-refractivity contribution is 9.10. The van der Waals surface area contributed by atoms with E-state index in [-0.39, 0.29) is 11.9 Å². The highest BCUT2D eigenvalue weighted by atomic mass is 79.9. The average Bonchev–Trinajstić information content (AvgIpc) is 2.12. The van der Waals surface area contributed by atoms with Crippen LogP contribution in [0.2, 0.25) is 0 Å². The zero-order chi connectivity index (χ0) is 10.6. The number of methoxy groups -OCH3 is 1.